The fourth-order valence-corrected chi connectivity index (χ4v) is 2.73. The SMILES string of the molecule is CNC(CN(C)CC1CCCCO1)c1ccccc1. The fraction of sp³-hybridized carbons (Fsp3) is 0.625. The number of nitrogens with one attached hydrogen (secondary N) is 1. The van der Waals surface area contributed by atoms with Gasteiger partial charge in [-0.25, -0.2) is 0 Å². The van der Waals surface area contributed by atoms with Crippen molar-refractivity contribution in [3.05, 3.63) is 35.9 Å². The molecular weight excluding hydrogens is 236 g/mol. The first-order chi connectivity index (χ1) is 9.29. The molecule has 19 heavy (non-hydrogen) atoms. The predicted molar refractivity (Wildman–Crippen MR) is 79.3 cm³/mol. The Balaban J connectivity index is 1.84. The maximum Gasteiger partial charge on any atom is 0.0701 e. The van der Waals surface area contributed by atoms with Gasteiger partial charge in [-0.1, -0.05) is 30.3 Å². The van der Waals surface area contributed by atoms with Crippen LogP contribution >= 0.6 is 0 Å². The lowest BCUT2D eigenvalue weighted by atomic mass is 10.1. The molecule has 1 fully saturated rings. The molecule has 1 aromatic carbocycles. The molecule has 0 radical (unpaired) electrons. The van der Waals surface area contributed by atoms with E-state index in [9.17, 15) is 0 Å². The second-order valence-electron chi connectivity index (χ2n) is 5.46. The Morgan fingerprint density at radius 3 is 2.74 bits per heavy atom. The first kappa shape index (κ1) is 14.5. The van der Waals surface area contributed by atoms with Crippen LogP contribution in [0, 0.1) is 0 Å². The fourth-order valence-electron chi connectivity index (χ4n) is 2.73. The van der Waals surface area contributed by atoms with Crippen molar-refractivity contribution in [2.45, 2.75) is 31.4 Å². The van der Waals surface area contributed by atoms with E-state index in [1.54, 1.807) is 0 Å². The Morgan fingerprint density at radius 1 is 1.32 bits per heavy atom. The third-order valence-corrected chi connectivity index (χ3v) is 3.83. The van der Waals surface area contributed by atoms with E-state index in [2.05, 4.69) is 47.6 Å². The van der Waals surface area contributed by atoms with Gasteiger partial charge in [0.15, 0.2) is 0 Å². The van der Waals surface area contributed by atoms with E-state index in [1.165, 1.54) is 24.8 Å². The van der Waals surface area contributed by atoms with E-state index < -0.39 is 0 Å². The standard InChI is InChI=1S/C16H26N2O/c1-17-16(14-8-4-3-5-9-14)13-18(2)12-15-10-6-7-11-19-15/h3-5,8-9,15-17H,6-7,10-13H2,1-2H3. The van der Waals surface area contributed by atoms with Crippen molar-refractivity contribution in [2.75, 3.05) is 33.8 Å². The molecule has 0 spiro atoms. The average Bonchev–Trinajstić information content (AvgIpc) is 2.47. The number of rotatable bonds is 6. The largest absolute Gasteiger partial charge is 0.377 e. The quantitative estimate of drug-likeness (QED) is 0.852. The Kier molecular flexibility index (Phi) is 5.83. The molecule has 0 bridgehead atoms. The molecule has 1 saturated heterocycles. The highest BCUT2D eigenvalue weighted by atomic mass is 16.5. The van der Waals surface area contributed by atoms with Crippen LogP contribution in [0.1, 0.15) is 30.9 Å². The van der Waals surface area contributed by atoms with Gasteiger partial charge in [-0.05, 0) is 38.9 Å². The van der Waals surface area contributed by atoms with Crippen LogP contribution in [0.2, 0.25) is 0 Å². The van der Waals surface area contributed by atoms with Gasteiger partial charge in [0.25, 0.3) is 0 Å². The van der Waals surface area contributed by atoms with Crippen molar-refractivity contribution in [1.82, 2.24) is 10.2 Å². The third kappa shape index (κ3) is 4.60. The van der Waals surface area contributed by atoms with Gasteiger partial charge in [-0.2, -0.15) is 0 Å². The summed E-state index contributed by atoms with van der Waals surface area (Å²) in [4.78, 5) is 2.38. The molecule has 2 unspecified atom stereocenters. The molecule has 3 nitrogen and oxygen atoms in total. The monoisotopic (exact) mass is 262 g/mol. The Morgan fingerprint density at radius 2 is 2.11 bits per heavy atom. The van der Waals surface area contributed by atoms with Crippen LogP contribution in [0.15, 0.2) is 30.3 Å². The minimum Gasteiger partial charge on any atom is -0.377 e. The van der Waals surface area contributed by atoms with Gasteiger partial charge in [0.2, 0.25) is 0 Å². The summed E-state index contributed by atoms with van der Waals surface area (Å²) in [6.45, 7) is 2.98. The van der Waals surface area contributed by atoms with E-state index in [-0.39, 0.29) is 0 Å². The summed E-state index contributed by atoms with van der Waals surface area (Å²) in [6.07, 6.45) is 4.17. The summed E-state index contributed by atoms with van der Waals surface area (Å²) in [5.74, 6) is 0. The molecule has 1 N–H and O–H groups in total. The smallest absolute Gasteiger partial charge is 0.0701 e. The lowest BCUT2D eigenvalue weighted by Gasteiger charge is -2.30. The van der Waals surface area contributed by atoms with E-state index in [4.69, 9.17) is 4.74 Å². The van der Waals surface area contributed by atoms with Crippen LogP contribution in [-0.4, -0.2) is 44.8 Å². The molecule has 1 heterocycles. The van der Waals surface area contributed by atoms with Gasteiger partial charge < -0.3 is 15.0 Å². The Labute approximate surface area is 116 Å². The third-order valence-electron chi connectivity index (χ3n) is 3.83. The topological polar surface area (TPSA) is 24.5 Å². The zero-order valence-electron chi connectivity index (χ0n) is 12.1. The first-order valence-corrected chi connectivity index (χ1v) is 7.32. The van der Waals surface area contributed by atoms with Crippen LogP contribution in [0.3, 0.4) is 0 Å². The molecule has 3 heteroatoms. The van der Waals surface area contributed by atoms with Crippen LogP contribution in [-0.2, 0) is 4.74 Å². The average molecular weight is 262 g/mol. The van der Waals surface area contributed by atoms with Crippen LogP contribution < -0.4 is 5.32 Å². The molecule has 106 valence electrons. The van der Waals surface area contributed by atoms with Gasteiger partial charge in [0.1, 0.15) is 0 Å². The van der Waals surface area contributed by atoms with E-state index in [0.29, 0.717) is 12.1 Å². The molecule has 1 aliphatic heterocycles. The summed E-state index contributed by atoms with van der Waals surface area (Å²) in [5, 5.41) is 3.40. The number of ether oxygens (including phenoxy) is 1. The van der Waals surface area contributed by atoms with E-state index in [1.807, 2.05) is 7.05 Å². The first-order valence-electron chi connectivity index (χ1n) is 7.32. The van der Waals surface area contributed by atoms with Gasteiger partial charge in [-0.3, -0.25) is 0 Å². The lowest BCUT2D eigenvalue weighted by molar-refractivity contribution is -0.00254. The van der Waals surface area contributed by atoms with Crippen LogP contribution in [0.25, 0.3) is 0 Å². The summed E-state index contributed by atoms with van der Waals surface area (Å²) >= 11 is 0. The van der Waals surface area contributed by atoms with Crippen molar-refractivity contribution in [2.24, 2.45) is 0 Å². The van der Waals surface area contributed by atoms with Crippen molar-refractivity contribution in [3.8, 4) is 0 Å². The highest BCUT2D eigenvalue weighted by Gasteiger charge is 2.18. The summed E-state index contributed by atoms with van der Waals surface area (Å²) in [6, 6.07) is 11.0. The summed E-state index contributed by atoms with van der Waals surface area (Å²) in [5.41, 5.74) is 1.35. The number of likely N-dealkylation sites (N-methyl/N-ethyl adjacent to an activating group) is 2. The minimum atomic E-state index is 0.384. The number of benzene rings is 1. The normalized spacial score (nSPS) is 21.5. The molecule has 2 atom stereocenters. The van der Waals surface area contributed by atoms with Gasteiger partial charge in [-0.15, -0.1) is 0 Å². The van der Waals surface area contributed by atoms with Crippen LogP contribution in [0.4, 0.5) is 0 Å². The predicted octanol–water partition coefficient (Wildman–Crippen LogP) is 2.45. The Bertz CT molecular complexity index is 349. The zero-order chi connectivity index (χ0) is 13.5. The maximum absolute atomic E-state index is 5.81. The molecular formula is C16H26N2O. The molecule has 1 aliphatic rings. The zero-order valence-corrected chi connectivity index (χ0v) is 12.1. The van der Waals surface area contributed by atoms with Crippen molar-refractivity contribution < 1.29 is 4.74 Å². The maximum atomic E-state index is 5.81. The van der Waals surface area contributed by atoms with E-state index >= 15 is 0 Å². The van der Waals surface area contributed by atoms with E-state index in [0.717, 1.165) is 19.7 Å². The highest BCUT2D eigenvalue weighted by Crippen LogP contribution is 2.16. The van der Waals surface area contributed by atoms with Crippen LogP contribution in [0.5, 0.6) is 0 Å². The van der Waals surface area contributed by atoms with Crippen molar-refractivity contribution in [1.29, 1.82) is 0 Å². The number of hydrogen-bond acceptors (Lipinski definition) is 3. The lowest BCUT2D eigenvalue weighted by Crippen LogP contribution is -2.38. The summed E-state index contributed by atoms with van der Waals surface area (Å²) in [7, 11) is 4.22. The van der Waals surface area contributed by atoms with Gasteiger partial charge >= 0.3 is 0 Å². The molecule has 0 aliphatic carbocycles. The van der Waals surface area contributed by atoms with Crippen molar-refractivity contribution in [3.63, 3.8) is 0 Å². The van der Waals surface area contributed by atoms with Crippen molar-refractivity contribution >= 4 is 0 Å². The Hall–Kier alpha value is -0.900. The molecule has 0 aromatic heterocycles. The summed E-state index contributed by atoms with van der Waals surface area (Å²) < 4.78 is 5.81. The molecule has 0 saturated carbocycles. The number of hydrogen-bond donors (Lipinski definition) is 1. The van der Waals surface area contributed by atoms with Gasteiger partial charge in [0.05, 0.1) is 6.10 Å². The second-order valence-corrected chi connectivity index (χ2v) is 5.46. The second kappa shape index (κ2) is 7.63. The minimum absolute atomic E-state index is 0.384. The number of nitrogens with zero attached hydrogens (tertiary/aromatic N) is 1. The van der Waals surface area contributed by atoms with Gasteiger partial charge in [0, 0.05) is 25.7 Å². The molecule has 1 aromatic rings. The highest BCUT2D eigenvalue weighted by molar-refractivity contribution is 5.19. The molecule has 0 amide bonds. The molecule has 2 rings (SSSR count).